The van der Waals surface area contributed by atoms with Crippen LogP contribution >= 0.6 is 0 Å². The van der Waals surface area contributed by atoms with Gasteiger partial charge in [-0.15, -0.1) is 0 Å². The van der Waals surface area contributed by atoms with E-state index >= 15 is 0 Å². The summed E-state index contributed by atoms with van der Waals surface area (Å²) >= 11 is 0. The molecule has 0 saturated heterocycles. The number of aliphatic imine (C=N–C) groups is 1. The highest BCUT2D eigenvalue weighted by molar-refractivity contribution is 5.77. The maximum absolute atomic E-state index is 5.83. The summed E-state index contributed by atoms with van der Waals surface area (Å²) in [4.78, 5) is 6.76. The minimum atomic E-state index is 0.579. The van der Waals surface area contributed by atoms with Crippen molar-refractivity contribution in [3.05, 3.63) is 35.4 Å². The minimum absolute atomic E-state index is 0.579. The van der Waals surface area contributed by atoms with Crippen molar-refractivity contribution in [1.82, 2.24) is 10.2 Å². The molecule has 0 aromatic heterocycles. The molecule has 1 aromatic rings. The number of benzene rings is 1. The van der Waals surface area contributed by atoms with E-state index in [1.54, 1.807) is 0 Å². The fourth-order valence-electron chi connectivity index (χ4n) is 2.50. The highest BCUT2D eigenvalue weighted by Gasteiger charge is 2.14. The number of hydrogen-bond donors (Lipinski definition) is 2. The van der Waals surface area contributed by atoms with E-state index in [2.05, 4.69) is 46.4 Å². The Balaban J connectivity index is 1.70. The van der Waals surface area contributed by atoms with Crippen molar-refractivity contribution in [3.63, 3.8) is 0 Å². The Morgan fingerprint density at radius 3 is 2.95 bits per heavy atom. The molecule has 4 nitrogen and oxygen atoms in total. The maximum atomic E-state index is 5.83. The molecule has 1 aromatic carbocycles. The molecule has 2 rings (SSSR count). The Hall–Kier alpha value is -1.55. The summed E-state index contributed by atoms with van der Waals surface area (Å²) in [6.45, 7) is 7.04. The molecule has 0 unspecified atom stereocenters. The summed E-state index contributed by atoms with van der Waals surface area (Å²) in [6.07, 6.45) is 3.41. The van der Waals surface area contributed by atoms with Crippen LogP contribution in [0.2, 0.25) is 0 Å². The predicted octanol–water partition coefficient (Wildman–Crippen LogP) is 1.75. The third-order valence-electron chi connectivity index (χ3n) is 3.74. The molecule has 0 radical (unpaired) electrons. The molecule has 20 heavy (non-hydrogen) atoms. The molecule has 0 saturated carbocycles. The summed E-state index contributed by atoms with van der Waals surface area (Å²) in [5, 5.41) is 3.20. The second-order valence-corrected chi connectivity index (χ2v) is 5.34. The van der Waals surface area contributed by atoms with Crippen LogP contribution in [-0.4, -0.2) is 37.0 Å². The molecule has 1 aliphatic rings. The Bertz CT molecular complexity index is 442. The zero-order chi connectivity index (χ0) is 14.2. The van der Waals surface area contributed by atoms with Crippen LogP contribution in [0.4, 0.5) is 0 Å². The van der Waals surface area contributed by atoms with Crippen LogP contribution in [0.3, 0.4) is 0 Å². The lowest BCUT2D eigenvalue weighted by Crippen LogP contribution is -2.40. The second kappa shape index (κ2) is 7.90. The summed E-state index contributed by atoms with van der Waals surface area (Å²) in [5.74, 6) is 0.579. The lowest BCUT2D eigenvalue weighted by Gasteiger charge is -2.28. The zero-order valence-corrected chi connectivity index (χ0v) is 12.4. The molecule has 0 fully saturated rings. The van der Waals surface area contributed by atoms with Crippen molar-refractivity contribution in [3.8, 4) is 0 Å². The first-order chi connectivity index (χ1) is 9.79. The molecule has 0 bridgehead atoms. The van der Waals surface area contributed by atoms with Crippen molar-refractivity contribution >= 4 is 5.96 Å². The molecule has 110 valence electrons. The van der Waals surface area contributed by atoms with Gasteiger partial charge < -0.3 is 11.1 Å². The van der Waals surface area contributed by atoms with E-state index in [1.807, 2.05) is 0 Å². The number of nitrogens with one attached hydrogen (secondary N) is 1. The molecule has 4 heteroatoms. The Morgan fingerprint density at radius 2 is 2.15 bits per heavy atom. The summed E-state index contributed by atoms with van der Waals surface area (Å²) in [5.41, 5.74) is 8.79. The molecule has 3 N–H and O–H groups in total. The van der Waals surface area contributed by atoms with Gasteiger partial charge in [-0.25, -0.2) is 0 Å². The van der Waals surface area contributed by atoms with Gasteiger partial charge in [0.05, 0.1) is 0 Å². The zero-order valence-electron chi connectivity index (χ0n) is 12.4. The number of guanidine groups is 1. The second-order valence-electron chi connectivity index (χ2n) is 5.34. The third-order valence-corrected chi connectivity index (χ3v) is 3.74. The number of hydrogen-bond acceptors (Lipinski definition) is 2. The van der Waals surface area contributed by atoms with Gasteiger partial charge in [-0.3, -0.25) is 9.89 Å². The average Bonchev–Trinajstić information content (AvgIpc) is 2.47. The molecule has 1 heterocycles. The van der Waals surface area contributed by atoms with Gasteiger partial charge in [0.25, 0.3) is 0 Å². The first-order valence-electron chi connectivity index (χ1n) is 7.62. The quantitative estimate of drug-likeness (QED) is 0.472. The van der Waals surface area contributed by atoms with Gasteiger partial charge in [-0.05, 0) is 24.0 Å². The molecule has 1 aliphatic heterocycles. The number of nitrogens with two attached hydrogens (primary N) is 1. The standard InChI is InChI=1S/C16H26N4/c1-2-3-9-18-16(17)19-10-12-20-11-8-14-6-4-5-7-15(14)13-20/h4-7H,2-3,8-13H2,1H3,(H3,17,18,19). The van der Waals surface area contributed by atoms with E-state index in [9.17, 15) is 0 Å². The van der Waals surface area contributed by atoms with Crippen LogP contribution in [0, 0.1) is 0 Å². The third kappa shape index (κ3) is 4.53. The van der Waals surface area contributed by atoms with E-state index in [0.717, 1.165) is 52.0 Å². The fourth-order valence-corrected chi connectivity index (χ4v) is 2.50. The lowest BCUT2D eigenvalue weighted by atomic mass is 10.00. The Morgan fingerprint density at radius 1 is 1.35 bits per heavy atom. The van der Waals surface area contributed by atoms with Crippen molar-refractivity contribution in [1.29, 1.82) is 0 Å². The molecular weight excluding hydrogens is 248 g/mol. The van der Waals surface area contributed by atoms with Gasteiger partial charge in [-0.1, -0.05) is 37.6 Å². The molecule has 0 atom stereocenters. The molecule has 0 aliphatic carbocycles. The lowest BCUT2D eigenvalue weighted by molar-refractivity contribution is 0.258. The van der Waals surface area contributed by atoms with Crippen LogP contribution in [0.5, 0.6) is 0 Å². The van der Waals surface area contributed by atoms with Gasteiger partial charge in [-0.2, -0.15) is 0 Å². The Labute approximate surface area is 122 Å². The maximum Gasteiger partial charge on any atom is 0.188 e. The van der Waals surface area contributed by atoms with Crippen LogP contribution in [-0.2, 0) is 13.0 Å². The minimum Gasteiger partial charge on any atom is -0.370 e. The molecular formula is C16H26N4. The number of fused-ring (bicyclic) bond motifs is 1. The van der Waals surface area contributed by atoms with Crippen LogP contribution < -0.4 is 11.1 Å². The number of nitrogens with zero attached hydrogens (tertiary/aromatic N) is 2. The highest BCUT2D eigenvalue weighted by Crippen LogP contribution is 2.17. The molecule has 0 spiro atoms. The highest BCUT2D eigenvalue weighted by atomic mass is 15.2. The van der Waals surface area contributed by atoms with Gasteiger partial charge in [0.2, 0.25) is 0 Å². The Kier molecular flexibility index (Phi) is 5.87. The van der Waals surface area contributed by atoms with Crippen LogP contribution in [0.1, 0.15) is 30.9 Å². The van der Waals surface area contributed by atoms with Crippen molar-refractivity contribution < 1.29 is 0 Å². The van der Waals surface area contributed by atoms with Crippen molar-refractivity contribution in [2.75, 3.05) is 26.2 Å². The van der Waals surface area contributed by atoms with E-state index < -0.39 is 0 Å². The van der Waals surface area contributed by atoms with Crippen molar-refractivity contribution in [2.45, 2.75) is 32.7 Å². The smallest absolute Gasteiger partial charge is 0.188 e. The van der Waals surface area contributed by atoms with Gasteiger partial charge in [0, 0.05) is 32.7 Å². The van der Waals surface area contributed by atoms with Crippen LogP contribution in [0.25, 0.3) is 0 Å². The monoisotopic (exact) mass is 274 g/mol. The molecule has 0 amide bonds. The van der Waals surface area contributed by atoms with Gasteiger partial charge in [0.1, 0.15) is 0 Å². The summed E-state index contributed by atoms with van der Waals surface area (Å²) in [6, 6.07) is 8.72. The summed E-state index contributed by atoms with van der Waals surface area (Å²) < 4.78 is 0. The predicted molar refractivity (Wildman–Crippen MR) is 84.8 cm³/mol. The van der Waals surface area contributed by atoms with E-state index in [1.165, 1.54) is 11.1 Å². The SMILES string of the molecule is CCCCN=C(N)NCCN1CCc2ccccc2C1. The first kappa shape index (κ1) is 14.9. The topological polar surface area (TPSA) is 53.6 Å². The largest absolute Gasteiger partial charge is 0.370 e. The van der Waals surface area contributed by atoms with E-state index in [-0.39, 0.29) is 0 Å². The first-order valence-corrected chi connectivity index (χ1v) is 7.62. The average molecular weight is 274 g/mol. The fraction of sp³-hybridized carbons (Fsp3) is 0.562. The van der Waals surface area contributed by atoms with Crippen LogP contribution in [0.15, 0.2) is 29.3 Å². The van der Waals surface area contributed by atoms with Gasteiger partial charge >= 0.3 is 0 Å². The van der Waals surface area contributed by atoms with E-state index in [4.69, 9.17) is 5.73 Å². The normalized spacial score (nSPS) is 15.9. The number of rotatable bonds is 6. The van der Waals surface area contributed by atoms with Crippen molar-refractivity contribution in [2.24, 2.45) is 10.7 Å². The number of unbranched alkanes of at least 4 members (excludes halogenated alkanes) is 1. The summed E-state index contributed by atoms with van der Waals surface area (Å²) in [7, 11) is 0. The van der Waals surface area contributed by atoms with E-state index in [0.29, 0.717) is 5.96 Å². The van der Waals surface area contributed by atoms with Gasteiger partial charge in [0.15, 0.2) is 5.96 Å².